The molecule has 0 spiro atoms. The van der Waals surface area contributed by atoms with Gasteiger partial charge in [-0.1, -0.05) is 27.7 Å². The summed E-state index contributed by atoms with van der Waals surface area (Å²) in [5, 5.41) is 5.13. The van der Waals surface area contributed by atoms with Crippen molar-refractivity contribution in [2.45, 2.75) is 66.0 Å². The van der Waals surface area contributed by atoms with E-state index in [1.54, 1.807) is 0 Å². The zero-order valence-electron chi connectivity index (χ0n) is 12.6. The van der Waals surface area contributed by atoms with Gasteiger partial charge in [0.1, 0.15) is 0 Å². The number of hydrogen-bond acceptors (Lipinski definition) is 3. The summed E-state index contributed by atoms with van der Waals surface area (Å²) in [5.74, 6) is 0.919. The van der Waals surface area contributed by atoms with Crippen LogP contribution in [0.1, 0.15) is 56.8 Å². The van der Waals surface area contributed by atoms with Crippen LogP contribution in [0.4, 0.5) is 0 Å². The average Bonchev–Trinajstić information content (AvgIpc) is 2.99. The molecule has 0 amide bonds. The van der Waals surface area contributed by atoms with Crippen LogP contribution in [0.25, 0.3) is 0 Å². The monoisotopic (exact) mass is 278 g/mol. The molecule has 1 N–H and O–H groups in total. The summed E-state index contributed by atoms with van der Waals surface area (Å²) in [5.41, 5.74) is 0.970. The first kappa shape index (κ1) is 13.6. The second kappa shape index (κ2) is 4.56. The number of aryl methyl sites for hydroxylation is 1. The summed E-state index contributed by atoms with van der Waals surface area (Å²) in [6, 6.07) is 0.658. The Balaban J connectivity index is 1.69. The minimum Gasteiger partial charge on any atom is -0.308 e. The Hall–Kier alpha value is -0.410. The van der Waals surface area contributed by atoms with Crippen molar-refractivity contribution in [2.24, 2.45) is 16.7 Å². The first-order chi connectivity index (χ1) is 8.95. The first-order valence-electron chi connectivity index (χ1n) is 7.62. The summed E-state index contributed by atoms with van der Waals surface area (Å²) < 4.78 is 0. The lowest BCUT2D eigenvalue weighted by Gasteiger charge is -2.43. The second-order valence-electron chi connectivity index (χ2n) is 7.30. The predicted octanol–water partition coefficient (Wildman–Crippen LogP) is 4.01. The van der Waals surface area contributed by atoms with E-state index in [1.807, 2.05) is 11.3 Å². The van der Waals surface area contributed by atoms with Crippen molar-refractivity contribution >= 4 is 11.3 Å². The molecule has 0 aliphatic heterocycles. The molecule has 0 radical (unpaired) electrons. The molecule has 1 heterocycles. The van der Waals surface area contributed by atoms with Gasteiger partial charge in [0.05, 0.1) is 5.01 Å². The molecule has 3 unspecified atom stereocenters. The van der Waals surface area contributed by atoms with Gasteiger partial charge in [0.2, 0.25) is 0 Å². The number of rotatable bonds is 4. The van der Waals surface area contributed by atoms with E-state index in [0.29, 0.717) is 16.9 Å². The van der Waals surface area contributed by atoms with E-state index >= 15 is 0 Å². The Morgan fingerprint density at radius 1 is 1.42 bits per heavy atom. The maximum absolute atomic E-state index is 4.46. The number of nitrogens with one attached hydrogen (secondary N) is 1. The predicted molar refractivity (Wildman–Crippen MR) is 81.3 cm³/mol. The Morgan fingerprint density at radius 2 is 2.21 bits per heavy atom. The highest BCUT2D eigenvalue weighted by molar-refractivity contribution is 7.11. The Labute approximate surface area is 121 Å². The molecule has 2 aliphatic carbocycles. The Bertz CT molecular complexity index is 460. The summed E-state index contributed by atoms with van der Waals surface area (Å²) in [6.07, 6.45) is 7.36. The van der Waals surface area contributed by atoms with Crippen LogP contribution in [0, 0.1) is 16.7 Å². The smallest absolute Gasteiger partial charge is 0.0925 e. The molecule has 2 fully saturated rings. The van der Waals surface area contributed by atoms with Crippen LogP contribution >= 0.6 is 11.3 Å². The van der Waals surface area contributed by atoms with Gasteiger partial charge in [-0.15, -0.1) is 11.3 Å². The fourth-order valence-electron chi connectivity index (χ4n) is 4.61. The van der Waals surface area contributed by atoms with Gasteiger partial charge in [0.15, 0.2) is 0 Å². The fraction of sp³-hybridized carbons (Fsp3) is 0.812. The molecular formula is C16H26N2S. The van der Waals surface area contributed by atoms with Gasteiger partial charge < -0.3 is 5.32 Å². The first-order valence-corrected chi connectivity index (χ1v) is 8.44. The lowest BCUT2D eigenvalue weighted by atomic mass is 9.68. The van der Waals surface area contributed by atoms with Crippen LogP contribution in [-0.4, -0.2) is 11.0 Å². The lowest BCUT2D eigenvalue weighted by Crippen LogP contribution is -2.49. The van der Waals surface area contributed by atoms with E-state index < -0.39 is 0 Å². The Morgan fingerprint density at radius 3 is 2.79 bits per heavy atom. The quantitative estimate of drug-likeness (QED) is 0.900. The van der Waals surface area contributed by atoms with Crippen molar-refractivity contribution in [2.75, 3.05) is 0 Å². The van der Waals surface area contributed by atoms with E-state index in [9.17, 15) is 0 Å². The molecule has 2 aliphatic rings. The van der Waals surface area contributed by atoms with Crippen LogP contribution in [0.15, 0.2) is 6.20 Å². The third kappa shape index (κ3) is 2.15. The molecule has 0 aromatic carbocycles. The zero-order chi connectivity index (χ0) is 13.7. The Kier molecular flexibility index (Phi) is 3.25. The van der Waals surface area contributed by atoms with Gasteiger partial charge in [-0.2, -0.15) is 0 Å². The van der Waals surface area contributed by atoms with E-state index in [1.165, 1.54) is 29.1 Å². The van der Waals surface area contributed by atoms with Gasteiger partial charge in [-0.25, -0.2) is 4.98 Å². The molecule has 3 rings (SSSR count). The third-order valence-corrected chi connectivity index (χ3v) is 6.80. The molecule has 3 atom stereocenters. The standard InChI is InChI=1S/C16H26N2S/c1-5-13-17-9-12(19-13)10-18-14-15(2,3)11-6-7-16(14,4)8-11/h9,11,14,18H,5-8,10H2,1-4H3. The topological polar surface area (TPSA) is 24.9 Å². The molecule has 0 saturated heterocycles. The minimum atomic E-state index is 0.450. The van der Waals surface area contributed by atoms with Crippen LogP contribution in [0.2, 0.25) is 0 Å². The van der Waals surface area contributed by atoms with Crippen molar-refractivity contribution in [3.05, 3.63) is 16.1 Å². The van der Waals surface area contributed by atoms with Crippen LogP contribution < -0.4 is 5.32 Å². The van der Waals surface area contributed by atoms with Crippen LogP contribution in [0.3, 0.4) is 0 Å². The highest BCUT2D eigenvalue weighted by Crippen LogP contribution is 2.62. The zero-order valence-corrected chi connectivity index (χ0v) is 13.4. The highest BCUT2D eigenvalue weighted by atomic mass is 32.1. The van der Waals surface area contributed by atoms with Crippen molar-refractivity contribution < 1.29 is 0 Å². The molecule has 2 nitrogen and oxygen atoms in total. The van der Waals surface area contributed by atoms with Crippen molar-refractivity contribution in [1.82, 2.24) is 10.3 Å². The molecule has 1 aromatic rings. The van der Waals surface area contributed by atoms with Gasteiger partial charge >= 0.3 is 0 Å². The van der Waals surface area contributed by atoms with E-state index in [-0.39, 0.29) is 0 Å². The van der Waals surface area contributed by atoms with E-state index in [2.05, 4.69) is 44.2 Å². The molecule has 19 heavy (non-hydrogen) atoms. The summed E-state index contributed by atoms with van der Waals surface area (Å²) in [4.78, 5) is 5.85. The number of fused-ring (bicyclic) bond motifs is 2. The fourth-order valence-corrected chi connectivity index (χ4v) is 5.42. The lowest BCUT2D eigenvalue weighted by molar-refractivity contribution is 0.108. The molecule has 1 aromatic heterocycles. The van der Waals surface area contributed by atoms with Gasteiger partial charge in [0, 0.05) is 23.7 Å². The second-order valence-corrected chi connectivity index (χ2v) is 8.50. The molecule has 3 heteroatoms. The van der Waals surface area contributed by atoms with E-state index in [0.717, 1.165) is 18.9 Å². The maximum atomic E-state index is 4.46. The number of aromatic nitrogens is 1. The van der Waals surface area contributed by atoms with Gasteiger partial charge in [0.25, 0.3) is 0 Å². The SMILES string of the molecule is CCc1ncc(CNC2C3(C)CCC(C3)C2(C)C)s1. The molecule has 2 bridgehead atoms. The number of hydrogen-bond donors (Lipinski definition) is 1. The molecular weight excluding hydrogens is 252 g/mol. The van der Waals surface area contributed by atoms with Crippen molar-refractivity contribution in [1.29, 1.82) is 0 Å². The average molecular weight is 278 g/mol. The van der Waals surface area contributed by atoms with Crippen LogP contribution in [-0.2, 0) is 13.0 Å². The maximum Gasteiger partial charge on any atom is 0.0925 e. The van der Waals surface area contributed by atoms with Crippen LogP contribution in [0.5, 0.6) is 0 Å². The van der Waals surface area contributed by atoms with Crippen molar-refractivity contribution in [3.8, 4) is 0 Å². The summed E-state index contributed by atoms with van der Waals surface area (Å²) in [7, 11) is 0. The number of nitrogens with zero attached hydrogens (tertiary/aromatic N) is 1. The van der Waals surface area contributed by atoms with Crippen molar-refractivity contribution in [3.63, 3.8) is 0 Å². The molecule has 106 valence electrons. The normalized spacial score (nSPS) is 36.0. The third-order valence-electron chi connectivity index (χ3n) is 5.65. The minimum absolute atomic E-state index is 0.450. The van der Waals surface area contributed by atoms with E-state index in [4.69, 9.17) is 0 Å². The number of thiazole rings is 1. The largest absolute Gasteiger partial charge is 0.308 e. The van der Waals surface area contributed by atoms with Gasteiger partial charge in [-0.3, -0.25) is 0 Å². The van der Waals surface area contributed by atoms with Gasteiger partial charge in [-0.05, 0) is 42.4 Å². The molecule has 2 saturated carbocycles. The summed E-state index contributed by atoms with van der Waals surface area (Å²) >= 11 is 1.86. The summed E-state index contributed by atoms with van der Waals surface area (Å²) in [6.45, 7) is 10.6. The highest BCUT2D eigenvalue weighted by Gasteiger charge is 2.58.